The maximum Gasteiger partial charge on any atom is 0 e. The smallest absolute Gasteiger partial charge is 0 e. The van der Waals surface area contributed by atoms with Gasteiger partial charge in [0, 0.05) is 16.5 Å². The minimum atomic E-state index is 0. The fraction of sp³-hybridized carbons (Fsp3) is 0. The molecule has 0 heterocycles. The Balaban J connectivity index is -0.000000000333. The highest BCUT2D eigenvalue weighted by molar-refractivity contribution is 2.30. The second-order valence-electron chi connectivity index (χ2n) is 0. The second-order valence-corrected chi connectivity index (χ2v) is 0. The van der Waals surface area contributed by atoms with E-state index in [0.717, 1.165) is 0 Å². The molecule has 0 aromatic rings. The van der Waals surface area contributed by atoms with E-state index in [1.807, 2.05) is 0 Å². The van der Waals surface area contributed by atoms with Gasteiger partial charge in [-0.1, -0.05) is 0 Å². The van der Waals surface area contributed by atoms with Crippen LogP contribution in [0, 0.1) is 10.8 Å². The van der Waals surface area contributed by atoms with Crippen LogP contribution in [-0.4, -0.2) is 0 Å². The van der Waals surface area contributed by atoms with E-state index in [9.17, 15) is 0 Å². The Kier molecular flexibility index (Phi) is 382. The van der Waals surface area contributed by atoms with Crippen LogP contribution in [0.1, 0.15) is 5.71 Å². The maximum absolute atomic E-state index is 6.00. The Bertz CT molecular complexity index is 12.8. The number of nitrogens with zero attached hydrogens (tertiary/aromatic N) is 2. The molecule has 0 bridgehead atoms. The van der Waals surface area contributed by atoms with Gasteiger partial charge in [0.15, 0.2) is 0 Å². The summed E-state index contributed by atoms with van der Waals surface area (Å²) in [7, 11) is 0. The molecular formula is H14N4. The molecule has 0 radical (unpaired) electrons. The topological polar surface area (TPSA) is 118 Å². The molecule has 0 aromatic carbocycles. The first kappa shape index (κ1) is 158. The summed E-state index contributed by atoms with van der Waals surface area (Å²) in [4.78, 5) is 0. The van der Waals surface area contributed by atoms with Crippen LogP contribution in [-0.2, 0) is 0 Å². The van der Waals surface area contributed by atoms with Gasteiger partial charge >= 0.3 is 0 Å². The molecular weight excluding hydrogens is 56.0 g/mol. The van der Waals surface area contributed by atoms with E-state index in [2.05, 4.69) is 0 Å². The van der Waals surface area contributed by atoms with Crippen molar-refractivity contribution >= 4 is 0 Å². The van der Waals surface area contributed by atoms with Gasteiger partial charge in [0.2, 0.25) is 0 Å². The molecule has 0 amide bonds. The summed E-state index contributed by atoms with van der Waals surface area (Å²) in [6.07, 6.45) is 0. The predicted octanol–water partition coefficient (Wildman–Crippen LogP) is 1.34. The van der Waals surface area contributed by atoms with Gasteiger partial charge in [-0.25, -0.2) is 0 Å². The molecule has 0 atom stereocenters. The van der Waals surface area contributed by atoms with Gasteiger partial charge in [-0.05, 0) is 0 Å². The standard InChI is InChI=1S/N2.2H3N.4H2/c1-2;;;;;;/h;2*1H3;4*1H. The van der Waals surface area contributed by atoms with Crippen molar-refractivity contribution in [2.45, 2.75) is 0 Å². The highest BCUT2D eigenvalue weighted by Gasteiger charge is 0.577. The van der Waals surface area contributed by atoms with Crippen LogP contribution >= 0.6 is 0 Å². The van der Waals surface area contributed by atoms with Crippen molar-refractivity contribution in [3.05, 3.63) is 0 Å². The third-order valence-electron chi connectivity index (χ3n) is 0. The Labute approximate surface area is 30.3 Å². The third kappa shape index (κ3) is 0.356. The molecule has 4 nitrogen and oxygen atoms in total. The minimum absolute atomic E-state index is 0. The fourth-order valence-corrected chi connectivity index (χ4v) is 0. The first-order valence-electron chi connectivity index (χ1n) is 0.200. The van der Waals surface area contributed by atoms with E-state index >= 15 is 0 Å². The summed E-state index contributed by atoms with van der Waals surface area (Å²) in [6.45, 7) is 0. The van der Waals surface area contributed by atoms with E-state index in [1.54, 1.807) is 0 Å². The van der Waals surface area contributed by atoms with E-state index in [-0.39, 0.29) is 18.0 Å². The molecule has 0 aliphatic carbocycles. The first-order chi connectivity index (χ1) is 1.00. The van der Waals surface area contributed by atoms with Crippen molar-refractivity contribution < 1.29 is 5.71 Å². The molecule has 0 saturated carbocycles. The van der Waals surface area contributed by atoms with Crippen LogP contribution in [0.5, 0.6) is 0 Å². The van der Waals surface area contributed by atoms with Crippen molar-refractivity contribution in [2.75, 3.05) is 0 Å². The van der Waals surface area contributed by atoms with Gasteiger partial charge in [0.1, 0.15) is 0 Å². The molecule has 0 aliphatic heterocycles. The largest absolute Gasteiger partial charge is 0.344 e. The van der Waals surface area contributed by atoms with Crippen molar-refractivity contribution in [1.29, 1.82) is 10.8 Å². The highest BCUT2D eigenvalue weighted by Crippen LogP contribution is 0.592. The van der Waals surface area contributed by atoms with Crippen LogP contribution in [0.4, 0.5) is 0 Å². The molecule has 6 N–H and O–H groups in total. The van der Waals surface area contributed by atoms with Crippen LogP contribution in [0.25, 0.3) is 0 Å². The molecule has 0 aromatic heterocycles. The SMILES string of the molecule is N.N.N#N.[HH].[HH].[HH].[HH]. The second kappa shape index (κ2) is 9.65. The van der Waals surface area contributed by atoms with Crippen LogP contribution in [0.3, 0.4) is 0 Å². The van der Waals surface area contributed by atoms with Crippen molar-refractivity contribution in [2.24, 2.45) is 0 Å². The summed E-state index contributed by atoms with van der Waals surface area (Å²) >= 11 is 0. The average Bonchev–Trinajstić information content (AvgIpc) is 1.00. The number of rotatable bonds is 0. The number of hydrogen-bond acceptors (Lipinski definition) is 4. The van der Waals surface area contributed by atoms with E-state index in [1.165, 1.54) is 0 Å². The van der Waals surface area contributed by atoms with E-state index in [4.69, 9.17) is 10.8 Å². The predicted molar refractivity (Wildman–Crippen MR) is 22.0 cm³/mol. The summed E-state index contributed by atoms with van der Waals surface area (Å²) in [5.41, 5.74) is 0. The first-order valence-corrected chi connectivity index (χ1v) is 0.200. The van der Waals surface area contributed by atoms with Crippen molar-refractivity contribution in [3.8, 4) is 0 Å². The van der Waals surface area contributed by atoms with E-state index < -0.39 is 0 Å². The van der Waals surface area contributed by atoms with Gasteiger partial charge in [-0.15, -0.1) is 0 Å². The van der Waals surface area contributed by atoms with Crippen molar-refractivity contribution in [3.63, 3.8) is 0 Å². The summed E-state index contributed by atoms with van der Waals surface area (Å²) < 4.78 is 0. The monoisotopic (exact) mass is 70.1 g/mol. The quantitative estimate of drug-likeness (QED) is 0.418. The zero-order chi connectivity index (χ0) is 2.00. The molecule has 0 spiro atoms. The van der Waals surface area contributed by atoms with Gasteiger partial charge in [0.05, 0.1) is 0 Å². The lowest BCUT2D eigenvalue weighted by atomic mass is 13.4. The van der Waals surface area contributed by atoms with Crippen LogP contribution in [0.2, 0.25) is 0 Å². The van der Waals surface area contributed by atoms with Gasteiger partial charge in [-0.3, -0.25) is 0 Å². The fourth-order valence-electron chi connectivity index (χ4n) is 0. The molecule has 0 aliphatic rings. The van der Waals surface area contributed by atoms with E-state index in [0.29, 0.717) is 0 Å². The molecule has 0 saturated heterocycles. The lowest BCUT2D eigenvalue weighted by molar-refractivity contribution is 1.15. The Morgan fingerprint density at radius 1 is 1.00 bits per heavy atom. The number of hydrogen-bond donors (Lipinski definition) is 2. The maximum atomic E-state index is 6.00. The summed E-state index contributed by atoms with van der Waals surface area (Å²) in [5, 5.41) is 12.0. The average molecular weight is 70.1 g/mol. The van der Waals surface area contributed by atoms with Crippen LogP contribution < -0.4 is 12.3 Å². The Morgan fingerprint density at radius 3 is 1.00 bits per heavy atom. The summed E-state index contributed by atoms with van der Waals surface area (Å²) in [5.74, 6) is 0. The normalized spacial score (nSPS) is 0.500. The molecule has 4 heavy (non-hydrogen) atoms. The lowest BCUT2D eigenvalue weighted by Gasteiger charge is -0.577. The van der Waals surface area contributed by atoms with Crippen molar-refractivity contribution in [1.82, 2.24) is 12.3 Å². The van der Waals surface area contributed by atoms with Gasteiger partial charge in [-0.2, -0.15) is 0 Å². The van der Waals surface area contributed by atoms with Gasteiger partial charge < -0.3 is 12.3 Å². The molecule has 4 heteroatoms. The Morgan fingerprint density at radius 2 is 1.00 bits per heavy atom. The summed E-state index contributed by atoms with van der Waals surface area (Å²) in [6, 6.07) is 0. The lowest BCUT2D eigenvalue weighted by Crippen LogP contribution is -0.562. The molecule has 0 rings (SSSR count). The molecule has 0 unspecified atom stereocenters. The van der Waals surface area contributed by atoms with Gasteiger partial charge in [0.25, 0.3) is 0 Å². The molecule has 34 valence electrons. The zero-order valence-electron chi connectivity index (χ0n) is 2.31. The van der Waals surface area contributed by atoms with Crippen LogP contribution in [0.15, 0.2) is 0 Å². The third-order valence-corrected chi connectivity index (χ3v) is 0. The highest BCUT2D eigenvalue weighted by atomic mass is 14.6. The minimum Gasteiger partial charge on any atom is -0.344 e. The molecule has 0 fully saturated rings. The zero-order valence-corrected chi connectivity index (χ0v) is 2.31. The Hall–Kier alpha value is -0.660.